The minimum atomic E-state index is -0.344. The first-order valence-corrected chi connectivity index (χ1v) is 10.7. The van der Waals surface area contributed by atoms with E-state index in [1.807, 2.05) is 16.7 Å². The zero-order valence-corrected chi connectivity index (χ0v) is 17.8. The Morgan fingerprint density at radius 1 is 1.24 bits per heavy atom. The molecule has 3 rings (SSSR count). The zero-order chi connectivity index (χ0) is 20.8. The molecule has 0 saturated carbocycles. The highest BCUT2D eigenvalue weighted by Crippen LogP contribution is 2.24. The molecule has 0 aliphatic carbocycles. The van der Waals surface area contributed by atoms with Gasteiger partial charge in [0.2, 0.25) is 17.6 Å². The molecule has 0 bridgehead atoms. The molecule has 1 aromatic carbocycles. The number of nitrogens with zero attached hydrogens (tertiary/aromatic N) is 5. The second-order valence-electron chi connectivity index (χ2n) is 7.22. The molecule has 0 aliphatic heterocycles. The summed E-state index contributed by atoms with van der Waals surface area (Å²) in [6, 6.07) is 8.15. The lowest BCUT2D eigenvalue weighted by molar-refractivity contribution is -0.118. The summed E-state index contributed by atoms with van der Waals surface area (Å²) in [5.41, 5.74) is 7.47. The van der Waals surface area contributed by atoms with E-state index in [9.17, 15) is 4.79 Å². The van der Waals surface area contributed by atoms with Crippen molar-refractivity contribution in [1.29, 1.82) is 0 Å². The smallest absolute Gasteiger partial charge is 0.237 e. The number of nitrogens with two attached hydrogens (primary N) is 1. The summed E-state index contributed by atoms with van der Waals surface area (Å²) >= 11 is 1.49. The van der Waals surface area contributed by atoms with E-state index >= 15 is 0 Å². The van der Waals surface area contributed by atoms with Crippen LogP contribution in [-0.2, 0) is 29.9 Å². The Balaban J connectivity index is 1.69. The van der Waals surface area contributed by atoms with Crippen molar-refractivity contribution in [3.63, 3.8) is 0 Å². The molecule has 1 amide bonds. The van der Waals surface area contributed by atoms with Gasteiger partial charge < -0.3 is 14.8 Å². The molecule has 0 spiro atoms. The molecule has 0 atom stereocenters. The minimum absolute atomic E-state index is 0.255. The Labute approximate surface area is 174 Å². The van der Waals surface area contributed by atoms with Crippen molar-refractivity contribution < 1.29 is 9.32 Å². The van der Waals surface area contributed by atoms with Crippen LogP contribution in [0.5, 0.6) is 0 Å². The molecule has 29 heavy (non-hydrogen) atoms. The van der Waals surface area contributed by atoms with Gasteiger partial charge in [0, 0.05) is 24.9 Å². The molecule has 154 valence electrons. The molecule has 2 N–H and O–H groups in total. The largest absolute Gasteiger partial charge is 0.370 e. The minimum Gasteiger partial charge on any atom is -0.370 e. The summed E-state index contributed by atoms with van der Waals surface area (Å²) < 4.78 is 7.44. The van der Waals surface area contributed by atoms with Crippen molar-refractivity contribution in [2.45, 2.75) is 57.5 Å². The fourth-order valence-corrected chi connectivity index (χ4v) is 3.64. The standard InChI is InChI=1S/C20H26N6O2S/c1-4-14-5-7-15(8-6-14)19-22-18(28-25-19)12-29-20-24-23-17(10-9-16(21)27)26(20)11-13(2)3/h5-8,13H,4,9-12H2,1-3H3,(H2,21,27). The summed E-state index contributed by atoms with van der Waals surface area (Å²) in [6.07, 6.45) is 1.73. The number of hydrogen-bond donors (Lipinski definition) is 1. The number of benzene rings is 1. The summed E-state index contributed by atoms with van der Waals surface area (Å²) in [4.78, 5) is 15.6. The molecule has 0 aliphatic rings. The molecule has 8 nitrogen and oxygen atoms in total. The third-order valence-corrected chi connectivity index (χ3v) is 5.30. The quantitative estimate of drug-likeness (QED) is 0.507. The average Bonchev–Trinajstić information content (AvgIpc) is 3.31. The SMILES string of the molecule is CCc1ccc(-c2noc(CSc3nnc(CCC(N)=O)n3CC(C)C)n2)cc1. The Hall–Kier alpha value is -2.68. The van der Waals surface area contributed by atoms with E-state index in [1.54, 1.807) is 0 Å². The third-order valence-electron chi connectivity index (χ3n) is 4.35. The molecule has 0 fully saturated rings. The topological polar surface area (TPSA) is 113 Å². The predicted octanol–water partition coefficient (Wildman–Crippen LogP) is 3.26. The average molecular weight is 415 g/mol. The molecule has 0 radical (unpaired) electrons. The van der Waals surface area contributed by atoms with Crippen molar-refractivity contribution in [3.05, 3.63) is 41.5 Å². The molecule has 0 saturated heterocycles. The lowest BCUT2D eigenvalue weighted by Gasteiger charge is -2.11. The first-order valence-electron chi connectivity index (χ1n) is 9.71. The molecular formula is C20H26N6O2S. The summed E-state index contributed by atoms with van der Waals surface area (Å²) in [6.45, 7) is 7.14. The van der Waals surface area contributed by atoms with Crippen LogP contribution in [0.15, 0.2) is 33.9 Å². The van der Waals surface area contributed by atoms with Crippen molar-refractivity contribution in [1.82, 2.24) is 24.9 Å². The first kappa shape index (κ1) is 21.0. The van der Waals surface area contributed by atoms with E-state index in [0.29, 0.717) is 29.8 Å². The summed E-state index contributed by atoms with van der Waals surface area (Å²) in [5.74, 6) is 2.44. The van der Waals surface area contributed by atoms with Crippen molar-refractivity contribution in [2.75, 3.05) is 0 Å². The number of carbonyl (C=O) groups is 1. The van der Waals surface area contributed by atoms with E-state index in [2.05, 4.69) is 53.2 Å². The van der Waals surface area contributed by atoms with Gasteiger partial charge in [-0.25, -0.2) is 0 Å². The van der Waals surface area contributed by atoms with Crippen molar-refractivity contribution in [3.8, 4) is 11.4 Å². The van der Waals surface area contributed by atoms with Crippen molar-refractivity contribution in [2.24, 2.45) is 11.7 Å². The number of aromatic nitrogens is 5. The van der Waals surface area contributed by atoms with Crippen LogP contribution >= 0.6 is 11.8 Å². The number of thioether (sulfide) groups is 1. The fraction of sp³-hybridized carbons (Fsp3) is 0.450. The maximum Gasteiger partial charge on any atom is 0.237 e. The molecule has 3 aromatic rings. The van der Waals surface area contributed by atoms with Crippen LogP contribution in [0.3, 0.4) is 0 Å². The molecule has 2 aromatic heterocycles. The van der Waals surface area contributed by atoms with E-state index in [0.717, 1.165) is 29.5 Å². The second kappa shape index (κ2) is 9.69. The number of rotatable bonds is 10. The van der Waals surface area contributed by atoms with Crippen LogP contribution < -0.4 is 5.73 Å². The van der Waals surface area contributed by atoms with Crippen LogP contribution in [0.2, 0.25) is 0 Å². The van der Waals surface area contributed by atoms with Crippen LogP contribution in [-0.4, -0.2) is 30.8 Å². The Morgan fingerprint density at radius 3 is 2.66 bits per heavy atom. The van der Waals surface area contributed by atoms with Gasteiger partial charge >= 0.3 is 0 Å². The summed E-state index contributed by atoms with van der Waals surface area (Å²) in [5, 5.41) is 13.4. The van der Waals surface area contributed by atoms with Crippen LogP contribution in [0.4, 0.5) is 0 Å². The Kier molecular flexibility index (Phi) is 7.03. The van der Waals surface area contributed by atoms with E-state index < -0.39 is 0 Å². The van der Waals surface area contributed by atoms with Gasteiger partial charge in [0.25, 0.3) is 0 Å². The predicted molar refractivity (Wildman–Crippen MR) is 111 cm³/mol. The van der Waals surface area contributed by atoms with E-state index in [1.165, 1.54) is 17.3 Å². The highest BCUT2D eigenvalue weighted by molar-refractivity contribution is 7.98. The maximum absolute atomic E-state index is 11.1. The first-order chi connectivity index (χ1) is 14.0. The zero-order valence-electron chi connectivity index (χ0n) is 17.0. The maximum atomic E-state index is 11.1. The van der Waals surface area contributed by atoms with Gasteiger partial charge in [-0.05, 0) is 17.9 Å². The Bertz CT molecular complexity index is 948. The van der Waals surface area contributed by atoms with Gasteiger partial charge in [-0.15, -0.1) is 10.2 Å². The lowest BCUT2D eigenvalue weighted by Crippen LogP contribution is -2.15. The number of primary amides is 1. The van der Waals surface area contributed by atoms with Gasteiger partial charge in [0.1, 0.15) is 5.82 Å². The molecule has 9 heteroatoms. The molecule has 2 heterocycles. The van der Waals surface area contributed by atoms with E-state index in [-0.39, 0.29) is 12.3 Å². The van der Waals surface area contributed by atoms with E-state index in [4.69, 9.17) is 10.3 Å². The summed E-state index contributed by atoms with van der Waals surface area (Å²) in [7, 11) is 0. The highest BCUT2D eigenvalue weighted by atomic mass is 32.2. The van der Waals surface area contributed by atoms with Crippen molar-refractivity contribution >= 4 is 17.7 Å². The third kappa shape index (κ3) is 5.66. The molecular weight excluding hydrogens is 388 g/mol. The number of hydrogen-bond acceptors (Lipinski definition) is 7. The fourth-order valence-electron chi connectivity index (χ4n) is 2.84. The second-order valence-corrected chi connectivity index (χ2v) is 8.16. The van der Waals surface area contributed by atoms with Crippen LogP contribution in [0, 0.1) is 5.92 Å². The van der Waals surface area contributed by atoms with Gasteiger partial charge in [0.05, 0.1) is 5.75 Å². The van der Waals surface area contributed by atoms with Gasteiger partial charge in [-0.1, -0.05) is 62.0 Å². The monoisotopic (exact) mass is 414 g/mol. The van der Waals surface area contributed by atoms with Gasteiger partial charge in [0.15, 0.2) is 5.16 Å². The van der Waals surface area contributed by atoms with Gasteiger partial charge in [-0.2, -0.15) is 4.98 Å². The number of aryl methyl sites for hydroxylation is 2. The molecule has 0 unspecified atom stereocenters. The normalized spacial score (nSPS) is 11.3. The van der Waals surface area contributed by atoms with Crippen LogP contribution in [0.1, 0.15) is 44.5 Å². The lowest BCUT2D eigenvalue weighted by atomic mass is 10.1. The van der Waals surface area contributed by atoms with Crippen LogP contribution in [0.25, 0.3) is 11.4 Å². The number of carbonyl (C=O) groups excluding carboxylic acids is 1. The highest BCUT2D eigenvalue weighted by Gasteiger charge is 2.16. The number of amides is 1. The van der Waals surface area contributed by atoms with Gasteiger partial charge in [-0.3, -0.25) is 4.79 Å². The Morgan fingerprint density at radius 2 is 2.00 bits per heavy atom.